The van der Waals surface area contributed by atoms with E-state index in [9.17, 15) is 4.79 Å². The van der Waals surface area contributed by atoms with Crippen LogP contribution in [0.4, 0.5) is 11.4 Å². The monoisotopic (exact) mass is 436 g/mol. The molecule has 0 unspecified atom stereocenters. The number of benzene rings is 1. The average molecular weight is 437 g/mol. The molecule has 2 aromatic heterocycles. The number of hydrogen-bond donors (Lipinski definition) is 1. The first-order valence-electron chi connectivity index (χ1n) is 10.6. The van der Waals surface area contributed by atoms with Crippen LogP contribution in [0.15, 0.2) is 36.4 Å². The van der Waals surface area contributed by atoms with Gasteiger partial charge in [0.2, 0.25) is 0 Å². The summed E-state index contributed by atoms with van der Waals surface area (Å²) in [5.41, 5.74) is 4.77. The summed E-state index contributed by atoms with van der Waals surface area (Å²) in [7, 11) is 1.67. The van der Waals surface area contributed by atoms with E-state index in [2.05, 4.69) is 16.4 Å². The highest BCUT2D eigenvalue weighted by Gasteiger charge is 2.28. The predicted octanol–water partition coefficient (Wildman–Crippen LogP) is 5.24. The number of anilines is 2. The average Bonchev–Trinajstić information content (AvgIpc) is 3.11. The summed E-state index contributed by atoms with van der Waals surface area (Å²) in [6.07, 6.45) is 2.00. The number of ether oxygens (including phenoxy) is 1. The van der Waals surface area contributed by atoms with E-state index in [1.54, 1.807) is 7.11 Å². The van der Waals surface area contributed by atoms with Gasteiger partial charge in [-0.1, -0.05) is 6.07 Å². The molecule has 1 aliphatic heterocycles. The van der Waals surface area contributed by atoms with E-state index >= 15 is 0 Å². The van der Waals surface area contributed by atoms with Crippen LogP contribution in [0.3, 0.4) is 0 Å². The first kappa shape index (κ1) is 21.3. The molecule has 1 aromatic carbocycles. The Morgan fingerprint density at radius 3 is 2.74 bits per heavy atom. The van der Waals surface area contributed by atoms with Gasteiger partial charge in [0.25, 0.3) is 5.91 Å². The minimum Gasteiger partial charge on any atom is -0.497 e. The smallest absolute Gasteiger partial charge is 0.265 e. The number of aryl methyl sites for hydroxylation is 3. The maximum absolute atomic E-state index is 13.1. The van der Waals surface area contributed by atoms with Crippen molar-refractivity contribution in [2.45, 2.75) is 39.5 Å². The summed E-state index contributed by atoms with van der Waals surface area (Å²) in [4.78, 5) is 25.1. The molecular weight excluding hydrogens is 408 g/mol. The molecule has 4 rings (SSSR count). The Hall–Kier alpha value is -2.93. The maximum atomic E-state index is 13.1. The minimum atomic E-state index is 0.0928. The third-order valence-corrected chi connectivity index (χ3v) is 6.62. The summed E-state index contributed by atoms with van der Waals surface area (Å²) >= 11 is 1.48. The Morgan fingerprint density at radius 2 is 2.00 bits per heavy atom. The van der Waals surface area contributed by atoms with Gasteiger partial charge in [-0.3, -0.25) is 9.78 Å². The van der Waals surface area contributed by atoms with E-state index in [0.717, 1.165) is 63.5 Å². The lowest BCUT2D eigenvalue weighted by Crippen LogP contribution is -2.39. The molecule has 6 nitrogen and oxygen atoms in total. The molecule has 0 saturated carbocycles. The SMILES string of the molecule is COc1cccc(Nc2cc(C)nc([C@H]3CCCN(C(=O)c4sc(C)nc4C)C3)c2)c1. The number of nitrogens with zero attached hydrogens (tertiary/aromatic N) is 3. The number of likely N-dealkylation sites (tertiary alicyclic amines) is 1. The van der Waals surface area contributed by atoms with E-state index in [0.29, 0.717) is 6.54 Å². The van der Waals surface area contributed by atoms with E-state index in [1.807, 2.05) is 56.0 Å². The van der Waals surface area contributed by atoms with Gasteiger partial charge in [0.1, 0.15) is 10.6 Å². The van der Waals surface area contributed by atoms with E-state index in [4.69, 9.17) is 9.72 Å². The number of nitrogens with one attached hydrogen (secondary N) is 1. The zero-order chi connectivity index (χ0) is 22.0. The second kappa shape index (κ2) is 9.06. The second-order valence-corrected chi connectivity index (χ2v) is 9.22. The highest BCUT2D eigenvalue weighted by atomic mass is 32.1. The van der Waals surface area contributed by atoms with Crippen LogP contribution >= 0.6 is 11.3 Å². The van der Waals surface area contributed by atoms with Crippen molar-refractivity contribution in [2.75, 3.05) is 25.5 Å². The van der Waals surface area contributed by atoms with Crippen LogP contribution < -0.4 is 10.1 Å². The lowest BCUT2D eigenvalue weighted by atomic mass is 9.93. The van der Waals surface area contributed by atoms with Crippen molar-refractivity contribution >= 4 is 28.6 Å². The normalized spacial score (nSPS) is 16.3. The molecule has 3 aromatic rings. The van der Waals surface area contributed by atoms with Crippen LogP contribution in [0.25, 0.3) is 0 Å². The largest absolute Gasteiger partial charge is 0.497 e. The fourth-order valence-electron chi connectivity index (χ4n) is 4.12. The van der Waals surface area contributed by atoms with Crippen molar-refractivity contribution in [2.24, 2.45) is 0 Å². The number of aromatic nitrogens is 2. The molecule has 0 bridgehead atoms. The fourth-order valence-corrected chi connectivity index (χ4v) is 5.01. The third kappa shape index (κ3) is 4.88. The fraction of sp³-hybridized carbons (Fsp3) is 0.375. The Labute approximate surface area is 187 Å². The zero-order valence-electron chi connectivity index (χ0n) is 18.4. The number of amides is 1. The Balaban J connectivity index is 1.53. The zero-order valence-corrected chi connectivity index (χ0v) is 19.3. The number of methoxy groups -OCH3 is 1. The van der Waals surface area contributed by atoms with Gasteiger partial charge >= 0.3 is 0 Å². The van der Waals surface area contributed by atoms with Crippen LogP contribution in [0.1, 0.15) is 50.5 Å². The lowest BCUT2D eigenvalue weighted by Gasteiger charge is -2.32. The van der Waals surface area contributed by atoms with Gasteiger partial charge in [0, 0.05) is 47.8 Å². The highest BCUT2D eigenvalue weighted by Crippen LogP contribution is 2.31. The summed E-state index contributed by atoms with van der Waals surface area (Å²) in [5.74, 6) is 1.12. The van der Waals surface area contributed by atoms with Gasteiger partial charge in [0.05, 0.1) is 17.8 Å². The summed E-state index contributed by atoms with van der Waals surface area (Å²) in [6, 6.07) is 12.0. The van der Waals surface area contributed by atoms with Crippen LogP contribution in [0, 0.1) is 20.8 Å². The minimum absolute atomic E-state index is 0.0928. The van der Waals surface area contributed by atoms with Crippen LogP contribution in [-0.2, 0) is 0 Å². The quantitative estimate of drug-likeness (QED) is 0.593. The molecule has 1 saturated heterocycles. The van der Waals surface area contributed by atoms with Gasteiger partial charge in [0.15, 0.2) is 0 Å². The number of hydrogen-bond acceptors (Lipinski definition) is 6. The molecule has 0 radical (unpaired) electrons. The van der Waals surface area contributed by atoms with Crippen molar-refractivity contribution in [3.8, 4) is 5.75 Å². The Morgan fingerprint density at radius 1 is 1.16 bits per heavy atom. The molecule has 7 heteroatoms. The molecule has 31 heavy (non-hydrogen) atoms. The second-order valence-electron chi connectivity index (χ2n) is 8.02. The number of carbonyl (C=O) groups excluding carboxylic acids is 1. The molecule has 1 aliphatic rings. The molecule has 0 spiro atoms. The molecule has 1 N–H and O–H groups in total. The van der Waals surface area contributed by atoms with Gasteiger partial charge in [-0.2, -0.15) is 0 Å². The summed E-state index contributed by atoms with van der Waals surface area (Å²) in [5, 5.41) is 4.40. The molecule has 1 fully saturated rings. The standard InChI is InChI=1S/C24H28N4O2S/c1-15-11-20(27-19-8-5-9-21(12-19)30-4)13-22(25-15)18-7-6-10-28(14-18)24(29)23-16(2)26-17(3)31-23/h5,8-9,11-13,18H,6-7,10,14H2,1-4H3,(H,25,27)/t18-/m0/s1. The Kier molecular flexibility index (Phi) is 6.23. The number of rotatable bonds is 5. The van der Waals surface area contributed by atoms with Gasteiger partial charge in [-0.05, 0) is 57.9 Å². The van der Waals surface area contributed by atoms with Crippen molar-refractivity contribution in [3.63, 3.8) is 0 Å². The number of carbonyl (C=O) groups is 1. The molecule has 162 valence electrons. The van der Waals surface area contributed by atoms with Crippen LogP contribution in [0.2, 0.25) is 0 Å². The van der Waals surface area contributed by atoms with Gasteiger partial charge in [-0.15, -0.1) is 11.3 Å². The summed E-state index contributed by atoms with van der Waals surface area (Å²) < 4.78 is 5.32. The third-order valence-electron chi connectivity index (χ3n) is 5.56. The number of pyridine rings is 1. The van der Waals surface area contributed by atoms with E-state index in [-0.39, 0.29) is 11.8 Å². The molecular formula is C24H28N4O2S. The first-order valence-corrected chi connectivity index (χ1v) is 11.4. The van der Waals surface area contributed by atoms with E-state index in [1.165, 1.54) is 11.3 Å². The molecule has 1 atom stereocenters. The van der Waals surface area contributed by atoms with Crippen molar-refractivity contribution in [3.05, 3.63) is 63.4 Å². The highest BCUT2D eigenvalue weighted by molar-refractivity contribution is 7.13. The number of piperidine rings is 1. The summed E-state index contributed by atoms with van der Waals surface area (Å²) in [6.45, 7) is 7.34. The molecule has 3 heterocycles. The molecule has 0 aliphatic carbocycles. The number of thiazole rings is 1. The Bertz CT molecular complexity index is 1090. The molecule has 1 amide bonds. The van der Waals surface area contributed by atoms with Crippen molar-refractivity contribution in [1.82, 2.24) is 14.9 Å². The van der Waals surface area contributed by atoms with Crippen LogP contribution in [0.5, 0.6) is 5.75 Å². The van der Waals surface area contributed by atoms with Crippen LogP contribution in [-0.4, -0.2) is 41.0 Å². The van der Waals surface area contributed by atoms with Gasteiger partial charge < -0.3 is 15.0 Å². The maximum Gasteiger partial charge on any atom is 0.265 e. The van der Waals surface area contributed by atoms with Gasteiger partial charge in [-0.25, -0.2) is 4.98 Å². The van der Waals surface area contributed by atoms with Crippen molar-refractivity contribution < 1.29 is 9.53 Å². The van der Waals surface area contributed by atoms with Crippen molar-refractivity contribution in [1.29, 1.82) is 0 Å². The predicted molar refractivity (Wildman–Crippen MR) is 125 cm³/mol. The lowest BCUT2D eigenvalue weighted by molar-refractivity contribution is 0.0710. The first-order chi connectivity index (χ1) is 14.9. The van der Waals surface area contributed by atoms with E-state index < -0.39 is 0 Å². The topological polar surface area (TPSA) is 67.3 Å².